The molecule has 2 aromatic rings. The van der Waals surface area contributed by atoms with Crippen molar-refractivity contribution in [3.8, 4) is 5.75 Å². The normalized spacial score (nSPS) is 31.2. The number of halogens is 1. The van der Waals surface area contributed by atoms with Crippen molar-refractivity contribution in [1.82, 2.24) is 4.98 Å². The molecule has 124 valence electrons. The fourth-order valence-corrected chi connectivity index (χ4v) is 2.62. The van der Waals surface area contributed by atoms with E-state index in [4.69, 9.17) is 26.2 Å². The molecule has 1 saturated heterocycles. The highest BCUT2D eigenvalue weighted by Crippen LogP contribution is 2.31. The van der Waals surface area contributed by atoms with Crippen molar-refractivity contribution in [2.75, 3.05) is 0 Å². The zero-order valence-corrected chi connectivity index (χ0v) is 12.3. The number of H-pyrrole nitrogens is 1. The Morgan fingerprint density at radius 3 is 2.65 bits per heavy atom. The number of hydrogen-bond donors (Lipinski definition) is 5. The van der Waals surface area contributed by atoms with Crippen LogP contribution in [-0.2, 0) is 9.53 Å². The van der Waals surface area contributed by atoms with Crippen LogP contribution in [0.15, 0.2) is 24.4 Å². The summed E-state index contributed by atoms with van der Waals surface area (Å²) in [4.78, 5) is 14.0. The number of fused-ring (bicyclic) bond motifs is 1. The molecule has 3 rings (SSSR count). The second-order valence-electron chi connectivity index (χ2n) is 5.20. The number of ether oxygens (including phenoxy) is 2. The molecule has 8 nitrogen and oxygen atoms in total. The van der Waals surface area contributed by atoms with Crippen LogP contribution in [0.4, 0.5) is 0 Å². The van der Waals surface area contributed by atoms with E-state index in [0.29, 0.717) is 15.9 Å². The molecule has 0 aliphatic carbocycles. The third-order valence-corrected chi connectivity index (χ3v) is 3.90. The number of aliphatic carboxylic acids is 1. The number of aliphatic hydroxyl groups is 3. The molecule has 1 aliphatic rings. The molecule has 23 heavy (non-hydrogen) atoms. The predicted molar refractivity (Wildman–Crippen MR) is 78.3 cm³/mol. The summed E-state index contributed by atoms with van der Waals surface area (Å²) in [6.07, 6.45) is -6.76. The van der Waals surface area contributed by atoms with Gasteiger partial charge in [-0.05, 0) is 18.2 Å². The summed E-state index contributed by atoms with van der Waals surface area (Å²) >= 11 is 5.88. The summed E-state index contributed by atoms with van der Waals surface area (Å²) in [5.74, 6) is -1.18. The molecule has 1 aliphatic heterocycles. The fourth-order valence-electron chi connectivity index (χ4n) is 2.44. The van der Waals surface area contributed by atoms with Crippen molar-refractivity contribution in [2.45, 2.75) is 30.7 Å². The molecule has 1 aromatic heterocycles. The van der Waals surface area contributed by atoms with Gasteiger partial charge in [-0.15, -0.1) is 0 Å². The molecule has 2 heterocycles. The van der Waals surface area contributed by atoms with Gasteiger partial charge in [0.1, 0.15) is 24.1 Å². The molecular formula is C14H14ClNO7. The van der Waals surface area contributed by atoms with E-state index in [2.05, 4.69) is 4.98 Å². The van der Waals surface area contributed by atoms with E-state index in [0.717, 1.165) is 0 Å². The van der Waals surface area contributed by atoms with Crippen LogP contribution < -0.4 is 4.74 Å². The number of aromatic nitrogens is 1. The maximum absolute atomic E-state index is 11.1. The summed E-state index contributed by atoms with van der Waals surface area (Å²) in [6.45, 7) is 0. The highest BCUT2D eigenvalue weighted by Gasteiger charge is 2.48. The van der Waals surface area contributed by atoms with Gasteiger partial charge >= 0.3 is 5.97 Å². The third-order valence-electron chi connectivity index (χ3n) is 3.66. The quantitative estimate of drug-likeness (QED) is 0.533. The number of benzene rings is 1. The van der Waals surface area contributed by atoms with Gasteiger partial charge in [-0.2, -0.15) is 0 Å². The van der Waals surface area contributed by atoms with Gasteiger partial charge in [-0.1, -0.05) is 11.6 Å². The highest BCUT2D eigenvalue weighted by molar-refractivity contribution is 6.31. The molecule has 0 radical (unpaired) electrons. The van der Waals surface area contributed by atoms with Gasteiger partial charge in [0.15, 0.2) is 6.10 Å². The summed E-state index contributed by atoms with van der Waals surface area (Å²) in [5, 5.41) is 39.5. The Labute approximate surface area is 134 Å². The Bertz CT molecular complexity index is 733. The van der Waals surface area contributed by atoms with E-state index >= 15 is 0 Å². The second kappa shape index (κ2) is 5.99. The van der Waals surface area contributed by atoms with Gasteiger partial charge in [-0.3, -0.25) is 0 Å². The second-order valence-corrected chi connectivity index (χ2v) is 5.63. The van der Waals surface area contributed by atoms with Crippen molar-refractivity contribution >= 4 is 28.5 Å². The Hall–Kier alpha value is -1.84. The Kier molecular flexibility index (Phi) is 4.17. The van der Waals surface area contributed by atoms with Crippen LogP contribution in [0.2, 0.25) is 5.02 Å². The fraction of sp³-hybridized carbons (Fsp3) is 0.357. The molecule has 0 saturated carbocycles. The van der Waals surface area contributed by atoms with Crippen LogP contribution in [0.25, 0.3) is 10.9 Å². The average Bonchev–Trinajstić information content (AvgIpc) is 2.89. The number of carbonyl (C=O) groups is 1. The predicted octanol–water partition coefficient (Wildman–Crippen LogP) is 0.0923. The average molecular weight is 344 g/mol. The minimum Gasteiger partial charge on any atom is -0.479 e. The van der Waals surface area contributed by atoms with Crippen LogP contribution in [0.3, 0.4) is 0 Å². The lowest BCUT2D eigenvalue weighted by atomic mass is 9.99. The van der Waals surface area contributed by atoms with Crippen molar-refractivity contribution in [1.29, 1.82) is 0 Å². The minimum absolute atomic E-state index is 0.286. The molecule has 5 unspecified atom stereocenters. The van der Waals surface area contributed by atoms with Crippen LogP contribution in [-0.4, -0.2) is 62.1 Å². The van der Waals surface area contributed by atoms with E-state index in [-0.39, 0.29) is 5.75 Å². The topological polar surface area (TPSA) is 132 Å². The smallest absolute Gasteiger partial charge is 0.335 e. The first-order valence-electron chi connectivity index (χ1n) is 6.74. The Morgan fingerprint density at radius 1 is 1.22 bits per heavy atom. The van der Waals surface area contributed by atoms with E-state index in [1.807, 2.05) is 0 Å². The summed E-state index contributed by atoms with van der Waals surface area (Å²) < 4.78 is 10.5. The Balaban J connectivity index is 1.86. The first kappa shape index (κ1) is 16.0. The van der Waals surface area contributed by atoms with Gasteiger partial charge in [0.05, 0.1) is 5.52 Å². The zero-order chi connectivity index (χ0) is 16.7. The largest absolute Gasteiger partial charge is 0.479 e. The number of aromatic amines is 1. The lowest BCUT2D eigenvalue weighted by Gasteiger charge is -2.38. The van der Waals surface area contributed by atoms with Gasteiger partial charge in [0, 0.05) is 16.6 Å². The standard InChI is InChI=1S/C14H14ClNO7/c15-5-1-2-6-7(3-5)16-4-8(6)22-14-11(19)9(17)10(18)12(23-14)13(20)21/h1-4,9-12,14,16-19H,(H,20,21). The molecule has 5 atom stereocenters. The SMILES string of the molecule is O=C(O)C1OC(Oc2c[nH]c3cc(Cl)ccc23)C(O)C(O)C1O. The van der Waals surface area contributed by atoms with Crippen molar-refractivity contribution in [3.63, 3.8) is 0 Å². The van der Waals surface area contributed by atoms with Crippen LogP contribution >= 0.6 is 11.6 Å². The molecule has 1 aromatic carbocycles. The van der Waals surface area contributed by atoms with Crippen LogP contribution in [0.1, 0.15) is 0 Å². The first-order valence-corrected chi connectivity index (χ1v) is 7.12. The highest BCUT2D eigenvalue weighted by atomic mass is 35.5. The number of carboxylic acids is 1. The molecular weight excluding hydrogens is 330 g/mol. The maximum Gasteiger partial charge on any atom is 0.335 e. The lowest BCUT2D eigenvalue weighted by Crippen LogP contribution is -2.61. The summed E-state index contributed by atoms with van der Waals surface area (Å²) in [5.41, 5.74) is 0.674. The van der Waals surface area contributed by atoms with Crippen LogP contribution in [0.5, 0.6) is 5.75 Å². The monoisotopic (exact) mass is 343 g/mol. The van der Waals surface area contributed by atoms with Gasteiger partial charge in [-0.25, -0.2) is 4.79 Å². The number of aliphatic hydroxyl groups excluding tert-OH is 3. The van der Waals surface area contributed by atoms with Crippen molar-refractivity contribution < 1.29 is 34.7 Å². The van der Waals surface area contributed by atoms with E-state index in [9.17, 15) is 20.1 Å². The molecule has 1 fully saturated rings. The van der Waals surface area contributed by atoms with Gasteiger partial charge in [0.2, 0.25) is 6.29 Å². The van der Waals surface area contributed by atoms with E-state index in [1.54, 1.807) is 18.2 Å². The maximum atomic E-state index is 11.1. The zero-order valence-electron chi connectivity index (χ0n) is 11.6. The molecule has 0 amide bonds. The molecule has 5 N–H and O–H groups in total. The van der Waals surface area contributed by atoms with E-state index in [1.165, 1.54) is 6.20 Å². The van der Waals surface area contributed by atoms with Gasteiger partial charge < -0.3 is 34.9 Å². The number of carboxylic acid groups (broad SMARTS) is 1. The summed E-state index contributed by atoms with van der Waals surface area (Å²) in [7, 11) is 0. The van der Waals surface area contributed by atoms with Crippen LogP contribution in [0, 0.1) is 0 Å². The molecule has 0 bridgehead atoms. The molecule has 9 heteroatoms. The Morgan fingerprint density at radius 2 is 1.96 bits per heavy atom. The number of rotatable bonds is 3. The molecule has 0 spiro atoms. The van der Waals surface area contributed by atoms with Crippen molar-refractivity contribution in [2.24, 2.45) is 0 Å². The van der Waals surface area contributed by atoms with E-state index < -0.39 is 36.7 Å². The number of hydrogen-bond acceptors (Lipinski definition) is 6. The van der Waals surface area contributed by atoms with Gasteiger partial charge in [0.25, 0.3) is 0 Å². The lowest BCUT2D eigenvalue weighted by molar-refractivity contribution is -0.270. The van der Waals surface area contributed by atoms with Crippen molar-refractivity contribution in [3.05, 3.63) is 29.4 Å². The summed E-state index contributed by atoms with van der Waals surface area (Å²) in [6, 6.07) is 4.99. The first-order chi connectivity index (χ1) is 10.9. The minimum atomic E-state index is -1.76. The third kappa shape index (κ3) is 2.87. The number of nitrogens with one attached hydrogen (secondary N) is 1.